The van der Waals surface area contributed by atoms with Crippen LogP contribution in [0.5, 0.6) is 0 Å². The van der Waals surface area contributed by atoms with Crippen molar-refractivity contribution >= 4 is 34.2 Å². The van der Waals surface area contributed by atoms with Crippen LogP contribution in [-0.2, 0) is 4.79 Å². The molecule has 2 amide bonds. The zero-order valence-electron chi connectivity index (χ0n) is 22.7. The molecule has 2 aliphatic rings. The maximum atomic E-state index is 13.9. The number of halogens is 1. The summed E-state index contributed by atoms with van der Waals surface area (Å²) in [5, 5.41) is 12.9. The fourth-order valence-corrected chi connectivity index (χ4v) is 6.20. The van der Waals surface area contributed by atoms with E-state index in [9.17, 15) is 9.59 Å². The third-order valence-corrected chi connectivity index (χ3v) is 8.61. The van der Waals surface area contributed by atoms with Gasteiger partial charge in [-0.15, -0.1) is 0 Å². The Bertz CT molecular complexity index is 1280. The van der Waals surface area contributed by atoms with Gasteiger partial charge in [0.05, 0.1) is 6.04 Å². The van der Waals surface area contributed by atoms with Crippen LogP contribution >= 0.6 is 11.6 Å². The van der Waals surface area contributed by atoms with Crippen molar-refractivity contribution in [2.75, 3.05) is 32.7 Å². The number of fused-ring (bicyclic) bond motifs is 1. The molecular formula is C32H39ClN4O2. The zero-order valence-corrected chi connectivity index (χ0v) is 23.4. The number of benzene rings is 3. The van der Waals surface area contributed by atoms with Gasteiger partial charge in [0.1, 0.15) is 0 Å². The maximum Gasteiger partial charge on any atom is 0.251 e. The Kier molecular flexibility index (Phi) is 9.17. The Hall–Kier alpha value is -2.93. The minimum atomic E-state index is -0.227. The fourth-order valence-electron chi connectivity index (χ4n) is 6.02. The third-order valence-electron chi connectivity index (χ3n) is 8.37. The van der Waals surface area contributed by atoms with Crippen molar-refractivity contribution in [3.63, 3.8) is 0 Å². The standard InChI is InChI=1S/C32H39ClN4O2/c1-2-22(23-6-4-3-5-7-23)21-37-17-14-29(36-30(32(37)39)24-12-15-34-16-13-24)20-35-31(38)27-9-8-26-19-28(33)11-10-25(26)18-27/h3-11,18-19,22,24,29-30,34,36H,2,12-17,20-21H2,1H3,(H,35,38)/t22-,29?,30?/m1/s1. The highest BCUT2D eigenvalue weighted by Gasteiger charge is 2.37. The molecule has 0 radical (unpaired) electrons. The average molecular weight is 547 g/mol. The van der Waals surface area contributed by atoms with Crippen molar-refractivity contribution in [2.45, 2.75) is 50.6 Å². The third kappa shape index (κ3) is 6.81. The number of carbonyl (C=O) groups excluding carboxylic acids is 2. The Morgan fingerprint density at radius 2 is 1.77 bits per heavy atom. The van der Waals surface area contributed by atoms with E-state index in [1.807, 2.05) is 42.5 Å². The molecule has 2 aliphatic heterocycles. The van der Waals surface area contributed by atoms with Crippen molar-refractivity contribution in [1.29, 1.82) is 0 Å². The van der Waals surface area contributed by atoms with E-state index in [-0.39, 0.29) is 23.9 Å². The Morgan fingerprint density at radius 1 is 1.03 bits per heavy atom. The molecule has 3 N–H and O–H groups in total. The fraction of sp³-hybridized carbons (Fsp3) is 0.438. The van der Waals surface area contributed by atoms with Gasteiger partial charge >= 0.3 is 0 Å². The zero-order chi connectivity index (χ0) is 27.2. The van der Waals surface area contributed by atoms with Gasteiger partial charge in [0.25, 0.3) is 5.91 Å². The highest BCUT2D eigenvalue weighted by Crippen LogP contribution is 2.26. The van der Waals surface area contributed by atoms with Crippen LogP contribution in [0.1, 0.15) is 54.4 Å². The van der Waals surface area contributed by atoms with Crippen molar-refractivity contribution in [3.8, 4) is 0 Å². The van der Waals surface area contributed by atoms with E-state index in [2.05, 4.69) is 52.0 Å². The van der Waals surface area contributed by atoms with Gasteiger partial charge in [0.2, 0.25) is 5.91 Å². The predicted octanol–water partition coefficient (Wildman–Crippen LogP) is 4.98. The van der Waals surface area contributed by atoms with E-state index in [4.69, 9.17) is 11.6 Å². The van der Waals surface area contributed by atoms with Crippen LogP contribution in [0.3, 0.4) is 0 Å². The number of nitrogens with one attached hydrogen (secondary N) is 3. The monoisotopic (exact) mass is 546 g/mol. The first kappa shape index (κ1) is 27.6. The summed E-state index contributed by atoms with van der Waals surface area (Å²) in [4.78, 5) is 29.1. The Balaban J connectivity index is 1.28. The molecule has 0 spiro atoms. The molecule has 2 unspecified atom stereocenters. The molecule has 39 heavy (non-hydrogen) atoms. The van der Waals surface area contributed by atoms with Crippen LogP contribution in [0.25, 0.3) is 10.8 Å². The summed E-state index contributed by atoms with van der Waals surface area (Å²) < 4.78 is 0. The van der Waals surface area contributed by atoms with E-state index >= 15 is 0 Å². The molecule has 3 atom stereocenters. The maximum absolute atomic E-state index is 13.9. The first-order valence-electron chi connectivity index (χ1n) is 14.3. The van der Waals surface area contributed by atoms with Gasteiger partial charge < -0.3 is 20.9 Å². The second kappa shape index (κ2) is 12.9. The average Bonchev–Trinajstić information content (AvgIpc) is 3.13. The quantitative estimate of drug-likeness (QED) is 0.373. The second-order valence-electron chi connectivity index (χ2n) is 10.9. The predicted molar refractivity (Wildman–Crippen MR) is 158 cm³/mol. The summed E-state index contributed by atoms with van der Waals surface area (Å²) in [6, 6.07) is 21.7. The summed E-state index contributed by atoms with van der Waals surface area (Å²) in [6.45, 7) is 5.97. The van der Waals surface area contributed by atoms with E-state index in [0.717, 1.165) is 56.1 Å². The van der Waals surface area contributed by atoms with E-state index < -0.39 is 0 Å². The second-order valence-corrected chi connectivity index (χ2v) is 11.4. The molecule has 0 aliphatic carbocycles. The van der Waals surface area contributed by atoms with Gasteiger partial charge in [-0.3, -0.25) is 9.59 Å². The van der Waals surface area contributed by atoms with Crippen LogP contribution < -0.4 is 16.0 Å². The smallest absolute Gasteiger partial charge is 0.251 e. The molecule has 0 bridgehead atoms. The van der Waals surface area contributed by atoms with Crippen molar-refractivity contribution in [2.24, 2.45) is 5.92 Å². The number of hydrogen-bond donors (Lipinski definition) is 3. The highest BCUT2D eigenvalue weighted by molar-refractivity contribution is 6.31. The lowest BCUT2D eigenvalue weighted by Crippen LogP contribution is -2.54. The van der Waals surface area contributed by atoms with Gasteiger partial charge in [0.15, 0.2) is 0 Å². The first-order valence-corrected chi connectivity index (χ1v) is 14.7. The summed E-state index contributed by atoms with van der Waals surface area (Å²) in [6.07, 6.45) is 3.74. The summed E-state index contributed by atoms with van der Waals surface area (Å²) in [5.74, 6) is 0.706. The Morgan fingerprint density at radius 3 is 2.54 bits per heavy atom. The number of rotatable bonds is 8. The van der Waals surface area contributed by atoms with E-state index in [1.54, 1.807) is 0 Å². The van der Waals surface area contributed by atoms with Crippen LogP contribution in [0.2, 0.25) is 5.02 Å². The Labute approximate surface area is 236 Å². The molecule has 0 aromatic heterocycles. The molecule has 3 aromatic carbocycles. The molecule has 7 heteroatoms. The summed E-state index contributed by atoms with van der Waals surface area (Å²) >= 11 is 6.11. The number of hydrogen-bond acceptors (Lipinski definition) is 4. The topological polar surface area (TPSA) is 73.5 Å². The van der Waals surface area contributed by atoms with E-state index in [0.29, 0.717) is 35.5 Å². The van der Waals surface area contributed by atoms with Gasteiger partial charge in [-0.1, -0.05) is 61.0 Å². The van der Waals surface area contributed by atoms with Gasteiger partial charge in [-0.25, -0.2) is 0 Å². The van der Waals surface area contributed by atoms with Crippen LogP contribution in [0, 0.1) is 5.92 Å². The van der Waals surface area contributed by atoms with Gasteiger partial charge in [-0.05, 0) is 85.3 Å². The van der Waals surface area contributed by atoms with Gasteiger partial charge in [0, 0.05) is 42.2 Å². The molecule has 2 fully saturated rings. The molecule has 6 nitrogen and oxygen atoms in total. The van der Waals surface area contributed by atoms with Gasteiger partial charge in [-0.2, -0.15) is 0 Å². The van der Waals surface area contributed by atoms with Crippen molar-refractivity contribution in [1.82, 2.24) is 20.9 Å². The highest BCUT2D eigenvalue weighted by atomic mass is 35.5. The molecule has 0 saturated carbocycles. The molecule has 206 valence electrons. The summed E-state index contributed by atoms with van der Waals surface area (Å²) in [5.41, 5.74) is 1.91. The molecule has 5 rings (SSSR count). The van der Waals surface area contributed by atoms with Crippen LogP contribution in [-0.4, -0.2) is 61.5 Å². The normalized spacial score (nSPS) is 21.5. The number of carbonyl (C=O) groups is 2. The van der Waals surface area contributed by atoms with E-state index in [1.165, 1.54) is 5.56 Å². The van der Waals surface area contributed by atoms with Crippen molar-refractivity contribution in [3.05, 3.63) is 82.9 Å². The largest absolute Gasteiger partial charge is 0.350 e. The molecule has 2 saturated heterocycles. The lowest BCUT2D eigenvalue weighted by molar-refractivity contribution is -0.134. The lowest BCUT2D eigenvalue weighted by atomic mass is 9.88. The number of amides is 2. The van der Waals surface area contributed by atoms with Crippen LogP contribution in [0.4, 0.5) is 0 Å². The summed E-state index contributed by atoms with van der Waals surface area (Å²) in [7, 11) is 0. The minimum absolute atomic E-state index is 0.0267. The number of nitrogens with zero attached hydrogens (tertiary/aromatic N) is 1. The first-order chi connectivity index (χ1) is 19.0. The molecule has 3 aromatic rings. The van der Waals surface area contributed by atoms with Crippen LogP contribution in [0.15, 0.2) is 66.7 Å². The SMILES string of the molecule is CC[C@H](CN1CCC(CNC(=O)c2ccc3cc(Cl)ccc3c2)NC(C2CCNCC2)C1=O)c1ccccc1. The molecule has 2 heterocycles. The number of piperidine rings is 1. The minimum Gasteiger partial charge on any atom is -0.350 e. The molecular weight excluding hydrogens is 508 g/mol. The van der Waals surface area contributed by atoms with Crippen molar-refractivity contribution < 1.29 is 9.59 Å². The lowest BCUT2D eigenvalue weighted by Gasteiger charge is -2.34.